The first-order chi connectivity index (χ1) is 12.1. The van der Waals surface area contributed by atoms with Crippen LogP contribution in [0.25, 0.3) is 0 Å². The molecule has 0 spiro atoms. The highest BCUT2D eigenvalue weighted by Gasteiger charge is 2.16. The number of aryl methyl sites for hydroxylation is 1. The van der Waals surface area contributed by atoms with Gasteiger partial charge in [0.05, 0.1) is 11.6 Å². The second-order valence-corrected chi connectivity index (χ2v) is 6.34. The third kappa shape index (κ3) is 4.54. The zero-order chi connectivity index (χ0) is 17.6. The molecule has 1 aliphatic rings. The van der Waals surface area contributed by atoms with Crippen LogP contribution in [-0.2, 0) is 0 Å². The predicted molar refractivity (Wildman–Crippen MR) is 96.4 cm³/mol. The van der Waals surface area contributed by atoms with E-state index in [4.69, 9.17) is 5.26 Å². The number of benzene rings is 1. The summed E-state index contributed by atoms with van der Waals surface area (Å²) in [5.41, 5.74) is 2.25. The number of nitrogens with zero attached hydrogens (tertiary/aromatic N) is 3. The molecule has 1 saturated carbocycles. The van der Waals surface area contributed by atoms with Crippen LogP contribution in [0.4, 0.5) is 11.6 Å². The van der Waals surface area contributed by atoms with E-state index < -0.39 is 0 Å². The van der Waals surface area contributed by atoms with Crippen molar-refractivity contribution in [2.45, 2.75) is 45.1 Å². The number of anilines is 2. The number of rotatable bonds is 4. The molecule has 1 aromatic heterocycles. The summed E-state index contributed by atoms with van der Waals surface area (Å²) >= 11 is 0. The molecule has 6 nitrogen and oxygen atoms in total. The van der Waals surface area contributed by atoms with Crippen molar-refractivity contribution >= 4 is 17.5 Å². The topological polar surface area (TPSA) is 90.7 Å². The van der Waals surface area contributed by atoms with E-state index in [9.17, 15) is 4.79 Å². The van der Waals surface area contributed by atoms with Crippen LogP contribution in [-0.4, -0.2) is 21.9 Å². The zero-order valence-corrected chi connectivity index (χ0v) is 14.2. The Morgan fingerprint density at radius 1 is 1.16 bits per heavy atom. The van der Waals surface area contributed by atoms with Crippen LogP contribution in [0.2, 0.25) is 0 Å². The largest absolute Gasteiger partial charge is 0.351 e. The van der Waals surface area contributed by atoms with E-state index in [1.165, 1.54) is 19.3 Å². The monoisotopic (exact) mass is 335 g/mol. The Kier molecular flexibility index (Phi) is 5.24. The molecule has 0 aliphatic heterocycles. The van der Waals surface area contributed by atoms with E-state index >= 15 is 0 Å². The summed E-state index contributed by atoms with van der Waals surface area (Å²) in [4.78, 5) is 21.2. The predicted octanol–water partition coefficient (Wildman–Crippen LogP) is 3.65. The molecule has 25 heavy (non-hydrogen) atoms. The van der Waals surface area contributed by atoms with Crippen LogP contribution in [0.5, 0.6) is 0 Å². The lowest BCUT2D eigenvalue weighted by Crippen LogP contribution is -2.24. The molecule has 2 aromatic rings. The molecule has 1 aliphatic carbocycles. The number of amides is 1. The highest BCUT2D eigenvalue weighted by Crippen LogP contribution is 2.20. The van der Waals surface area contributed by atoms with Crippen molar-refractivity contribution in [3.05, 3.63) is 47.3 Å². The fourth-order valence-corrected chi connectivity index (χ4v) is 3.00. The summed E-state index contributed by atoms with van der Waals surface area (Å²) in [6.07, 6.45) is 5.95. The van der Waals surface area contributed by atoms with Gasteiger partial charge in [-0.2, -0.15) is 5.26 Å². The Morgan fingerprint density at radius 3 is 2.56 bits per heavy atom. The standard InChI is InChI=1S/C19H21N5O/c1-13-11-17(18(25)22-16-9-7-14(12-20)8-10-16)24-19(21-13)23-15-5-3-2-4-6-15/h7-11,15H,2-6H2,1H3,(H,22,25)(H,21,23,24). The van der Waals surface area contributed by atoms with Crippen molar-refractivity contribution in [2.24, 2.45) is 0 Å². The Hall–Kier alpha value is -2.94. The first-order valence-corrected chi connectivity index (χ1v) is 8.58. The van der Waals surface area contributed by atoms with Gasteiger partial charge in [-0.3, -0.25) is 4.79 Å². The molecule has 128 valence electrons. The summed E-state index contributed by atoms with van der Waals surface area (Å²) < 4.78 is 0. The van der Waals surface area contributed by atoms with Gasteiger partial charge in [-0.1, -0.05) is 19.3 Å². The molecular weight excluding hydrogens is 314 g/mol. The van der Waals surface area contributed by atoms with Gasteiger partial charge in [-0.15, -0.1) is 0 Å². The number of nitriles is 1. The van der Waals surface area contributed by atoms with Crippen LogP contribution in [0.1, 0.15) is 53.8 Å². The molecule has 0 saturated heterocycles. The van der Waals surface area contributed by atoms with Crippen molar-refractivity contribution in [1.82, 2.24) is 9.97 Å². The Bertz CT molecular complexity index is 788. The van der Waals surface area contributed by atoms with Gasteiger partial charge in [-0.05, 0) is 50.1 Å². The van der Waals surface area contributed by atoms with Crippen LogP contribution in [0, 0.1) is 18.3 Å². The van der Waals surface area contributed by atoms with Gasteiger partial charge in [0, 0.05) is 17.4 Å². The van der Waals surface area contributed by atoms with E-state index in [0.29, 0.717) is 28.9 Å². The van der Waals surface area contributed by atoms with Crippen molar-refractivity contribution in [3.63, 3.8) is 0 Å². The zero-order valence-electron chi connectivity index (χ0n) is 14.2. The van der Waals surface area contributed by atoms with Crippen LogP contribution in [0.15, 0.2) is 30.3 Å². The van der Waals surface area contributed by atoms with Crippen molar-refractivity contribution in [3.8, 4) is 6.07 Å². The Morgan fingerprint density at radius 2 is 1.88 bits per heavy atom. The quantitative estimate of drug-likeness (QED) is 0.890. The van der Waals surface area contributed by atoms with E-state index in [2.05, 4.69) is 26.7 Å². The second-order valence-electron chi connectivity index (χ2n) is 6.34. The lowest BCUT2D eigenvalue weighted by atomic mass is 9.96. The van der Waals surface area contributed by atoms with E-state index in [1.807, 2.05) is 6.92 Å². The number of nitrogens with one attached hydrogen (secondary N) is 2. The van der Waals surface area contributed by atoms with Crippen molar-refractivity contribution < 1.29 is 4.79 Å². The van der Waals surface area contributed by atoms with Gasteiger partial charge in [0.1, 0.15) is 5.69 Å². The third-order valence-electron chi connectivity index (χ3n) is 4.30. The van der Waals surface area contributed by atoms with Crippen molar-refractivity contribution in [2.75, 3.05) is 10.6 Å². The average Bonchev–Trinajstić information content (AvgIpc) is 2.62. The molecule has 0 radical (unpaired) electrons. The van der Waals surface area contributed by atoms with Crippen LogP contribution >= 0.6 is 0 Å². The van der Waals surface area contributed by atoms with Crippen LogP contribution in [0.3, 0.4) is 0 Å². The Labute approximate surface area is 147 Å². The maximum atomic E-state index is 12.5. The molecule has 3 rings (SSSR count). The van der Waals surface area contributed by atoms with Crippen molar-refractivity contribution in [1.29, 1.82) is 5.26 Å². The Balaban J connectivity index is 1.71. The fourth-order valence-electron chi connectivity index (χ4n) is 3.00. The molecule has 2 N–H and O–H groups in total. The van der Waals surface area contributed by atoms with E-state index in [0.717, 1.165) is 18.5 Å². The molecule has 6 heteroatoms. The molecule has 0 unspecified atom stereocenters. The number of hydrogen-bond acceptors (Lipinski definition) is 5. The smallest absolute Gasteiger partial charge is 0.274 e. The number of carbonyl (C=O) groups excluding carboxylic acids is 1. The molecular formula is C19H21N5O. The van der Waals surface area contributed by atoms with Gasteiger partial charge in [-0.25, -0.2) is 9.97 Å². The molecule has 1 heterocycles. The van der Waals surface area contributed by atoms with Gasteiger partial charge in [0.15, 0.2) is 0 Å². The first-order valence-electron chi connectivity index (χ1n) is 8.58. The summed E-state index contributed by atoms with van der Waals surface area (Å²) in [5, 5.41) is 15.0. The minimum atomic E-state index is -0.290. The summed E-state index contributed by atoms with van der Waals surface area (Å²) in [7, 11) is 0. The third-order valence-corrected chi connectivity index (χ3v) is 4.30. The minimum absolute atomic E-state index is 0.290. The summed E-state index contributed by atoms with van der Waals surface area (Å²) in [5.74, 6) is 0.221. The normalized spacial score (nSPS) is 14.6. The van der Waals surface area contributed by atoms with Gasteiger partial charge >= 0.3 is 0 Å². The molecule has 1 aromatic carbocycles. The molecule has 1 fully saturated rings. The van der Waals surface area contributed by atoms with E-state index in [1.54, 1.807) is 30.3 Å². The van der Waals surface area contributed by atoms with Gasteiger partial charge in [0.2, 0.25) is 5.95 Å². The fraction of sp³-hybridized carbons (Fsp3) is 0.368. The van der Waals surface area contributed by atoms with E-state index in [-0.39, 0.29) is 5.91 Å². The number of hydrogen-bond donors (Lipinski definition) is 2. The maximum absolute atomic E-state index is 12.5. The number of carbonyl (C=O) groups is 1. The molecule has 1 amide bonds. The summed E-state index contributed by atoms with van der Waals surface area (Å²) in [6, 6.07) is 10.8. The lowest BCUT2D eigenvalue weighted by molar-refractivity contribution is 0.102. The second kappa shape index (κ2) is 7.75. The first kappa shape index (κ1) is 16.9. The van der Waals surface area contributed by atoms with Gasteiger partial charge in [0.25, 0.3) is 5.91 Å². The summed E-state index contributed by atoms with van der Waals surface area (Å²) in [6.45, 7) is 1.85. The molecule has 0 atom stereocenters. The average molecular weight is 335 g/mol. The minimum Gasteiger partial charge on any atom is -0.351 e. The van der Waals surface area contributed by atoms with Crippen LogP contribution < -0.4 is 10.6 Å². The van der Waals surface area contributed by atoms with Gasteiger partial charge < -0.3 is 10.6 Å². The highest BCUT2D eigenvalue weighted by molar-refractivity contribution is 6.03. The SMILES string of the molecule is Cc1cc(C(=O)Nc2ccc(C#N)cc2)nc(NC2CCCCC2)n1. The highest BCUT2D eigenvalue weighted by atomic mass is 16.1. The lowest BCUT2D eigenvalue weighted by Gasteiger charge is -2.23. The maximum Gasteiger partial charge on any atom is 0.274 e. The molecule has 0 bridgehead atoms. The number of aromatic nitrogens is 2.